The number of hydrogen-bond acceptors (Lipinski definition) is 5. The Morgan fingerprint density at radius 3 is 2.80 bits per heavy atom. The van der Waals surface area contributed by atoms with Crippen molar-refractivity contribution in [1.29, 1.82) is 0 Å². The molecule has 0 bridgehead atoms. The zero-order valence-electron chi connectivity index (χ0n) is 14.4. The molecule has 1 aliphatic carbocycles. The normalized spacial score (nSPS) is 20.6. The summed E-state index contributed by atoms with van der Waals surface area (Å²) in [7, 11) is -3.39. The van der Waals surface area contributed by atoms with Crippen LogP contribution in [0.2, 0.25) is 0 Å². The van der Waals surface area contributed by atoms with Gasteiger partial charge in [-0.2, -0.15) is 0 Å². The van der Waals surface area contributed by atoms with Crippen molar-refractivity contribution in [2.75, 3.05) is 18.9 Å². The number of hydrogen-bond donors (Lipinski definition) is 5. The Kier molecular flexibility index (Phi) is 7.62. The Morgan fingerprint density at radius 1 is 1.44 bits per heavy atom. The van der Waals surface area contributed by atoms with Gasteiger partial charge in [-0.05, 0) is 18.8 Å². The molecule has 0 saturated heterocycles. The number of aromatic amines is 1. The topological polar surface area (TPSA) is 141 Å². The van der Waals surface area contributed by atoms with Gasteiger partial charge in [0.25, 0.3) is 0 Å². The molecule has 1 fully saturated rings. The van der Waals surface area contributed by atoms with Crippen molar-refractivity contribution in [3.05, 3.63) is 18.2 Å². The Balaban J connectivity index is 1.70. The van der Waals surface area contributed by atoms with Crippen LogP contribution < -0.4 is 11.1 Å². The maximum atomic E-state index is 12.3. The summed E-state index contributed by atoms with van der Waals surface area (Å²) in [4.78, 5) is 28.8. The van der Waals surface area contributed by atoms with Gasteiger partial charge in [0.15, 0.2) is 0 Å². The summed E-state index contributed by atoms with van der Waals surface area (Å²) in [5, 5.41) is 12.5. The fraction of sp³-hybridized carbons (Fsp3) is 0.750. The number of aliphatic hydroxyl groups excluding tert-OH is 1. The molecule has 2 rings (SSSR count). The highest BCUT2D eigenvalue weighted by molar-refractivity contribution is 7.58. The fourth-order valence-corrected chi connectivity index (χ4v) is 5.43. The van der Waals surface area contributed by atoms with E-state index in [2.05, 4.69) is 15.3 Å². The van der Waals surface area contributed by atoms with Crippen LogP contribution >= 0.6 is 7.37 Å². The number of carbonyl (C=O) groups is 1. The highest BCUT2D eigenvalue weighted by Gasteiger charge is 2.28. The molecule has 0 radical (unpaired) electrons. The summed E-state index contributed by atoms with van der Waals surface area (Å²) < 4.78 is 12.3. The molecule has 3 unspecified atom stereocenters. The predicted molar refractivity (Wildman–Crippen MR) is 95.4 cm³/mol. The summed E-state index contributed by atoms with van der Waals surface area (Å²) in [5.74, 6) is -0.136. The molecular weight excluding hydrogens is 343 g/mol. The van der Waals surface area contributed by atoms with Crippen molar-refractivity contribution in [1.82, 2.24) is 15.3 Å². The van der Waals surface area contributed by atoms with Crippen LogP contribution in [0.5, 0.6) is 0 Å². The van der Waals surface area contributed by atoms with Gasteiger partial charge in [-0.3, -0.25) is 9.36 Å². The molecule has 1 aromatic heterocycles. The number of H-pyrrole nitrogens is 1. The quantitative estimate of drug-likeness (QED) is 0.402. The molecule has 1 aliphatic rings. The largest absolute Gasteiger partial charge is 0.391 e. The van der Waals surface area contributed by atoms with Crippen molar-refractivity contribution in [3.63, 3.8) is 0 Å². The summed E-state index contributed by atoms with van der Waals surface area (Å²) in [6.07, 6.45) is 7.81. The molecule has 8 nitrogen and oxygen atoms in total. The first-order valence-electron chi connectivity index (χ1n) is 8.85. The molecule has 1 amide bonds. The Bertz CT molecular complexity index is 575. The third kappa shape index (κ3) is 7.28. The van der Waals surface area contributed by atoms with Crippen LogP contribution in [0.1, 0.15) is 37.8 Å². The van der Waals surface area contributed by atoms with Gasteiger partial charge in [0, 0.05) is 31.0 Å². The third-order valence-corrected chi connectivity index (χ3v) is 6.69. The first-order chi connectivity index (χ1) is 11.9. The number of rotatable bonds is 9. The summed E-state index contributed by atoms with van der Waals surface area (Å²) >= 11 is 0. The maximum Gasteiger partial charge on any atom is 0.237 e. The second-order valence-electron chi connectivity index (χ2n) is 7.00. The molecule has 6 N–H and O–H groups in total. The lowest BCUT2D eigenvalue weighted by atomic mass is 9.91. The van der Waals surface area contributed by atoms with Crippen molar-refractivity contribution < 1.29 is 19.4 Å². The van der Waals surface area contributed by atoms with Crippen LogP contribution in [0.15, 0.2) is 12.5 Å². The number of aliphatic hydroxyl groups is 1. The minimum atomic E-state index is -3.39. The van der Waals surface area contributed by atoms with Gasteiger partial charge in [0.1, 0.15) is 0 Å². The number of imidazole rings is 1. The summed E-state index contributed by atoms with van der Waals surface area (Å²) in [6.45, 7) is -0.0786. The number of aromatic nitrogens is 2. The number of nitrogens with two attached hydrogens (primary N) is 1. The zero-order valence-corrected chi connectivity index (χ0v) is 15.3. The second kappa shape index (κ2) is 9.48. The number of amides is 1. The number of nitrogens with one attached hydrogen (secondary N) is 2. The first kappa shape index (κ1) is 20.1. The molecule has 1 heterocycles. The van der Waals surface area contributed by atoms with Crippen molar-refractivity contribution in [3.8, 4) is 0 Å². The molecule has 0 aliphatic heterocycles. The van der Waals surface area contributed by atoms with Gasteiger partial charge in [0.05, 0.1) is 24.6 Å². The fourth-order valence-electron chi connectivity index (χ4n) is 3.32. The molecule has 0 aromatic carbocycles. The van der Waals surface area contributed by atoms with E-state index in [0.29, 0.717) is 6.42 Å². The molecule has 142 valence electrons. The number of carbonyl (C=O) groups excluding carboxylic acids is 1. The maximum absolute atomic E-state index is 12.3. The highest BCUT2D eigenvalue weighted by Crippen LogP contribution is 2.45. The monoisotopic (exact) mass is 372 g/mol. The molecule has 3 atom stereocenters. The average molecular weight is 372 g/mol. The van der Waals surface area contributed by atoms with Crippen LogP contribution in [0.25, 0.3) is 0 Å². The van der Waals surface area contributed by atoms with Crippen molar-refractivity contribution in [2.45, 2.75) is 50.7 Å². The van der Waals surface area contributed by atoms with Gasteiger partial charge in [-0.25, -0.2) is 4.98 Å². The Labute approximate surface area is 148 Å². The van der Waals surface area contributed by atoms with Crippen molar-refractivity contribution >= 4 is 13.3 Å². The number of nitrogens with zero attached hydrogens (tertiary/aromatic N) is 1. The zero-order chi connectivity index (χ0) is 18.3. The van der Waals surface area contributed by atoms with Gasteiger partial charge in [0.2, 0.25) is 13.3 Å². The van der Waals surface area contributed by atoms with E-state index in [9.17, 15) is 19.4 Å². The van der Waals surface area contributed by atoms with Crippen LogP contribution in [0.4, 0.5) is 0 Å². The van der Waals surface area contributed by atoms with E-state index in [1.165, 1.54) is 12.7 Å². The predicted octanol–water partition coefficient (Wildman–Crippen LogP) is 0.607. The van der Waals surface area contributed by atoms with Crippen LogP contribution in [0, 0.1) is 5.92 Å². The molecule has 25 heavy (non-hydrogen) atoms. The van der Waals surface area contributed by atoms with E-state index < -0.39 is 25.4 Å². The SMILES string of the molecule is NC(Cc1cnc[nH]1)C(=O)NCC(O)CP(=O)(O)CC1CCCCC1. The van der Waals surface area contributed by atoms with E-state index in [4.69, 9.17) is 5.73 Å². The highest BCUT2D eigenvalue weighted by atomic mass is 31.2. The smallest absolute Gasteiger partial charge is 0.237 e. The Morgan fingerprint density at radius 2 is 2.16 bits per heavy atom. The van der Waals surface area contributed by atoms with E-state index in [1.54, 1.807) is 6.20 Å². The van der Waals surface area contributed by atoms with Gasteiger partial charge < -0.3 is 26.0 Å². The molecule has 0 spiro atoms. The first-order valence-corrected chi connectivity index (χ1v) is 10.9. The van der Waals surface area contributed by atoms with E-state index in [0.717, 1.165) is 31.4 Å². The molecule has 1 aromatic rings. The lowest BCUT2D eigenvalue weighted by Crippen LogP contribution is -2.45. The van der Waals surface area contributed by atoms with E-state index in [1.807, 2.05) is 0 Å². The minimum Gasteiger partial charge on any atom is -0.391 e. The van der Waals surface area contributed by atoms with Gasteiger partial charge >= 0.3 is 0 Å². The summed E-state index contributed by atoms with van der Waals surface area (Å²) in [5.41, 5.74) is 6.55. The van der Waals surface area contributed by atoms with E-state index in [-0.39, 0.29) is 24.8 Å². The molecular formula is C16H29N4O4P. The second-order valence-corrected chi connectivity index (χ2v) is 9.42. The lowest BCUT2D eigenvalue weighted by Gasteiger charge is -2.25. The Hall–Kier alpha value is -1.21. The van der Waals surface area contributed by atoms with Gasteiger partial charge in [-0.1, -0.05) is 19.3 Å². The van der Waals surface area contributed by atoms with Crippen LogP contribution in [0.3, 0.4) is 0 Å². The standard InChI is InChI=1S/C16H29N4O4P/c17-15(6-13-7-18-11-20-13)16(22)19-8-14(21)10-25(23,24)9-12-4-2-1-3-5-12/h7,11-12,14-15,21H,1-6,8-10,17H2,(H,18,20)(H,19,22)(H,23,24). The van der Waals surface area contributed by atoms with Crippen LogP contribution in [-0.4, -0.2) is 56.9 Å². The molecule has 9 heteroatoms. The molecule has 1 saturated carbocycles. The van der Waals surface area contributed by atoms with Crippen molar-refractivity contribution in [2.24, 2.45) is 11.7 Å². The minimum absolute atomic E-state index is 0.0786. The lowest BCUT2D eigenvalue weighted by molar-refractivity contribution is -0.122. The van der Waals surface area contributed by atoms with Crippen LogP contribution in [-0.2, 0) is 15.8 Å². The van der Waals surface area contributed by atoms with Gasteiger partial charge in [-0.15, -0.1) is 0 Å². The average Bonchev–Trinajstić information content (AvgIpc) is 3.05. The van der Waals surface area contributed by atoms with E-state index >= 15 is 0 Å². The summed E-state index contributed by atoms with van der Waals surface area (Å²) in [6, 6.07) is -0.768. The third-order valence-electron chi connectivity index (χ3n) is 4.61.